The Balaban J connectivity index is 1.70. The number of ether oxygens (including phenoxy) is 2. The third-order valence-electron chi connectivity index (χ3n) is 4.42. The number of hydrogen-bond acceptors (Lipinski definition) is 7. The van der Waals surface area contributed by atoms with E-state index in [0.29, 0.717) is 5.75 Å². The van der Waals surface area contributed by atoms with Crippen LogP contribution in [0.1, 0.15) is 5.56 Å². The van der Waals surface area contributed by atoms with Gasteiger partial charge in [-0.2, -0.15) is 0 Å². The van der Waals surface area contributed by atoms with Gasteiger partial charge >= 0.3 is 0 Å². The fourth-order valence-corrected chi connectivity index (χ4v) is 2.83. The summed E-state index contributed by atoms with van der Waals surface area (Å²) in [4.78, 5) is 0. The summed E-state index contributed by atoms with van der Waals surface area (Å²) in [5.41, 5.74) is 2.74. The molecule has 1 aliphatic rings. The minimum Gasteiger partial charge on any atom is -0.462 e. The van der Waals surface area contributed by atoms with Crippen molar-refractivity contribution in [2.24, 2.45) is 0 Å². The van der Waals surface area contributed by atoms with Crippen LogP contribution in [-0.2, 0) is 11.3 Å². The summed E-state index contributed by atoms with van der Waals surface area (Å²) in [6, 6.07) is 14.5. The van der Waals surface area contributed by atoms with E-state index in [2.05, 4.69) is 0 Å². The van der Waals surface area contributed by atoms with Crippen molar-refractivity contribution >= 4 is 0 Å². The first-order chi connectivity index (χ1) is 12.5. The fourth-order valence-electron chi connectivity index (χ4n) is 2.83. The molecule has 26 heavy (non-hydrogen) atoms. The predicted molar refractivity (Wildman–Crippen MR) is 92.2 cm³/mol. The minimum atomic E-state index is -1.48. The monoisotopic (exact) mass is 362 g/mol. The van der Waals surface area contributed by atoms with Crippen LogP contribution in [0.5, 0.6) is 5.75 Å². The number of hydrogen-bond donors (Lipinski definition) is 5. The number of rotatable bonds is 5. The molecule has 2 aromatic carbocycles. The van der Waals surface area contributed by atoms with Crippen molar-refractivity contribution in [1.29, 1.82) is 0 Å². The van der Waals surface area contributed by atoms with Crippen LogP contribution in [0.3, 0.4) is 0 Å². The van der Waals surface area contributed by atoms with E-state index >= 15 is 0 Å². The molecular formula is C19H22O7. The predicted octanol–water partition coefficient (Wildman–Crippen LogP) is 0.0246. The fraction of sp³-hybridized carbons (Fsp3) is 0.368. The van der Waals surface area contributed by atoms with E-state index in [4.69, 9.17) is 14.6 Å². The second kappa shape index (κ2) is 8.13. The molecule has 1 fully saturated rings. The van der Waals surface area contributed by atoms with Gasteiger partial charge in [0.2, 0.25) is 6.29 Å². The summed E-state index contributed by atoms with van der Waals surface area (Å²) in [7, 11) is 0. The molecule has 5 N–H and O–H groups in total. The zero-order chi connectivity index (χ0) is 18.7. The summed E-state index contributed by atoms with van der Waals surface area (Å²) in [5.74, 6) is 0.407. The summed E-state index contributed by atoms with van der Waals surface area (Å²) < 4.78 is 10.9. The smallest absolute Gasteiger partial charge is 0.229 e. The van der Waals surface area contributed by atoms with Crippen molar-refractivity contribution in [3.05, 3.63) is 54.1 Å². The van der Waals surface area contributed by atoms with E-state index in [1.54, 1.807) is 12.1 Å². The summed E-state index contributed by atoms with van der Waals surface area (Å²) in [5, 5.41) is 47.9. The van der Waals surface area contributed by atoms with Gasteiger partial charge in [0, 0.05) is 0 Å². The van der Waals surface area contributed by atoms with Crippen LogP contribution in [0.25, 0.3) is 11.1 Å². The maximum absolute atomic E-state index is 10.0. The van der Waals surface area contributed by atoms with E-state index in [9.17, 15) is 20.4 Å². The molecule has 0 saturated carbocycles. The Morgan fingerprint density at radius 1 is 0.769 bits per heavy atom. The van der Waals surface area contributed by atoms with Crippen LogP contribution in [0.15, 0.2) is 48.5 Å². The summed E-state index contributed by atoms with van der Waals surface area (Å²) in [6.07, 6.45) is -6.56. The zero-order valence-electron chi connectivity index (χ0n) is 14.0. The second-order valence-corrected chi connectivity index (χ2v) is 6.19. The normalized spacial score (nSPS) is 28.7. The van der Waals surface area contributed by atoms with Gasteiger partial charge in [-0.3, -0.25) is 0 Å². The van der Waals surface area contributed by atoms with Gasteiger partial charge in [0.25, 0.3) is 0 Å². The van der Waals surface area contributed by atoms with E-state index in [0.717, 1.165) is 16.7 Å². The maximum Gasteiger partial charge on any atom is 0.229 e. The highest BCUT2D eigenvalue weighted by molar-refractivity contribution is 5.64. The standard InChI is InChI=1S/C19H22O7/c20-9-11-1-3-12(4-2-11)13-5-7-14(8-6-13)25-19-18(24)17(23)16(22)15(10-21)26-19/h1-8,15-24H,9-10H2/t15-,16-,17+,18+,19+/m1/s1. The quantitative estimate of drug-likeness (QED) is 0.509. The minimum absolute atomic E-state index is 0.00778. The van der Waals surface area contributed by atoms with Crippen LogP contribution >= 0.6 is 0 Å². The molecule has 7 nitrogen and oxygen atoms in total. The molecule has 0 spiro atoms. The Morgan fingerprint density at radius 2 is 1.35 bits per heavy atom. The Morgan fingerprint density at radius 3 is 1.88 bits per heavy atom. The number of aliphatic hydroxyl groups excluding tert-OH is 5. The second-order valence-electron chi connectivity index (χ2n) is 6.19. The van der Waals surface area contributed by atoms with E-state index < -0.39 is 37.3 Å². The molecule has 2 aromatic rings. The molecule has 7 heteroatoms. The average Bonchev–Trinajstić information content (AvgIpc) is 2.69. The first kappa shape index (κ1) is 18.8. The van der Waals surface area contributed by atoms with Crippen molar-refractivity contribution in [3.8, 4) is 16.9 Å². The first-order valence-electron chi connectivity index (χ1n) is 8.31. The molecule has 140 valence electrons. The highest BCUT2D eigenvalue weighted by Gasteiger charge is 2.44. The van der Waals surface area contributed by atoms with Gasteiger partial charge in [0.1, 0.15) is 30.2 Å². The molecule has 1 aliphatic heterocycles. The van der Waals surface area contributed by atoms with Crippen molar-refractivity contribution in [3.63, 3.8) is 0 Å². The molecular weight excluding hydrogens is 340 g/mol. The number of benzene rings is 2. The summed E-state index contributed by atoms with van der Waals surface area (Å²) >= 11 is 0. The van der Waals surface area contributed by atoms with Gasteiger partial charge in [-0.1, -0.05) is 36.4 Å². The topological polar surface area (TPSA) is 120 Å². The third kappa shape index (κ3) is 3.88. The van der Waals surface area contributed by atoms with Gasteiger partial charge in [-0.05, 0) is 28.8 Å². The highest BCUT2D eigenvalue weighted by Crippen LogP contribution is 2.27. The number of aliphatic hydroxyl groups is 5. The molecule has 0 aromatic heterocycles. The summed E-state index contributed by atoms with van der Waals surface area (Å²) in [6.45, 7) is -0.514. The van der Waals surface area contributed by atoms with Crippen molar-refractivity contribution in [2.75, 3.05) is 6.61 Å². The molecule has 0 amide bonds. The molecule has 0 radical (unpaired) electrons. The maximum atomic E-state index is 10.0. The molecule has 1 saturated heterocycles. The van der Waals surface area contributed by atoms with Crippen LogP contribution in [0.4, 0.5) is 0 Å². The lowest BCUT2D eigenvalue weighted by Gasteiger charge is -2.39. The van der Waals surface area contributed by atoms with Crippen LogP contribution in [0.2, 0.25) is 0 Å². The molecule has 5 atom stereocenters. The van der Waals surface area contributed by atoms with Crippen LogP contribution < -0.4 is 4.74 Å². The molecule has 0 bridgehead atoms. The largest absolute Gasteiger partial charge is 0.462 e. The van der Waals surface area contributed by atoms with Crippen molar-refractivity contribution in [2.45, 2.75) is 37.3 Å². The Kier molecular flexibility index (Phi) is 5.87. The lowest BCUT2D eigenvalue weighted by Crippen LogP contribution is -2.60. The molecule has 3 rings (SSSR count). The lowest BCUT2D eigenvalue weighted by atomic mass is 9.99. The highest BCUT2D eigenvalue weighted by atomic mass is 16.7. The van der Waals surface area contributed by atoms with Gasteiger partial charge < -0.3 is 35.0 Å². The van der Waals surface area contributed by atoms with Crippen molar-refractivity contribution in [1.82, 2.24) is 0 Å². The Labute approximate surface area is 150 Å². The van der Waals surface area contributed by atoms with E-state index in [-0.39, 0.29) is 6.61 Å². The van der Waals surface area contributed by atoms with E-state index in [1.165, 1.54) is 0 Å². The Hall–Kier alpha value is -2.00. The van der Waals surface area contributed by atoms with E-state index in [1.807, 2.05) is 36.4 Å². The van der Waals surface area contributed by atoms with Gasteiger partial charge in [0.15, 0.2) is 0 Å². The van der Waals surface area contributed by atoms with Gasteiger partial charge in [-0.25, -0.2) is 0 Å². The third-order valence-corrected chi connectivity index (χ3v) is 4.42. The SMILES string of the molecule is OCc1ccc(-c2ccc(O[C@H]3O[C@H](CO)[C@@H](O)[C@H](O)[C@@H]3O)cc2)cc1. The van der Waals surface area contributed by atoms with Gasteiger partial charge in [-0.15, -0.1) is 0 Å². The average molecular weight is 362 g/mol. The van der Waals surface area contributed by atoms with Crippen molar-refractivity contribution < 1.29 is 35.0 Å². The molecule has 0 unspecified atom stereocenters. The van der Waals surface area contributed by atoms with Crippen LogP contribution in [0, 0.1) is 0 Å². The molecule has 0 aliphatic carbocycles. The molecule has 1 heterocycles. The van der Waals surface area contributed by atoms with Gasteiger partial charge in [0.05, 0.1) is 13.2 Å². The zero-order valence-corrected chi connectivity index (χ0v) is 14.0. The lowest BCUT2D eigenvalue weighted by molar-refractivity contribution is -0.277. The Bertz CT molecular complexity index is 699. The first-order valence-corrected chi connectivity index (χ1v) is 8.31. The van der Waals surface area contributed by atoms with Crippen LogP contribution in [-0.4, -0.2) is 62.8 Å².